The van der Waals surface area contributed by atoms with Crippen molar-refractivity contribution in [1.82, 2.24) is 5.32 Å². The average Bonchev–Trinajstić information content (AvgIpc) is 2.13. The number of hydrogen-bond acceptors (Lipinski definition) is 1. The summed E-state index contributed by atoms with van der Waals surface area (Å²) in [6.45, 7) is 4.31. The van der Waals surface area contributed by atoms with E-state index in [1.165, 1.54) is 15.6 Å². The molecule has 1 nitrogen and oxygen atoms in total. The van der Waals surface area contributed by atoms with Crippen LogP contribution < -0.4 is 5.32 Å². The summed E-state index contributed by atoms with van der Waals surface area (Å²) < 4.78 is 1.25. The number of rotatable bonds is 3. The Labute approximate surface area is 88.7 Å². The van der Waals surface area contributed by atoms with Crippen molar-refractivity contribution in [2.45, 2.75) is 26.3 Å². The van der Waals surface area contributed by atoms with E-state index in [0.717, 1.165) is 6.42 Å². The number of halogens is 1. The average molecular weight is 242 g/mol. The molecule has 0 spiro atoms. The third-order valence-electron chi connectivity index (χ3n) is 2.29. The molecule has 0 aliphatic rings. The lowest BCUT2D eigenvalue weighted by molar-refractivity contribution is 0.607. The first-order valence-electron chi connectivity index (χ1n) is 4.56. The van der Waals surface area contributed by atoms with Gasteiger partial charge in [0.15, 0.2) is 0 Å². The molecule has 1 N–H and O–H groups in total. The van der Waals surface area contributed by atoms with Crippen LogP contribution in [-0.2, 0) is 6.42 Å². The van der Waals surface area contributed by atoms with Crippen molar-refractivity contribution in [3.8, 4) is 0 Å². The normalized spacial score (nSPS) is 12.9. The summed E-state index contributed by atoms with van der Waals surface area (Å²) in [6, 6.07) is 6.93. The molecule has 1 rings (SSSR count). The quantitative estimate of drug-likeness (QED) is 0.859. The van der Waals surface area contributed by atoms with Crippen molar-refractivity contribution >= 4 is 15.9 Å². The number of benzene rings is 1. The third-order valence-corrected chi connectivity index (χ3v) is 3.43. The van der Waals surface area contributed by atoms with Crippen LogP contribution in [0.2, 0.25) is 0 Å². The predicted octanol–water partition coefficient (Wildman–Crippen LogP) is 2.91. The van der Waals surface area contributed by atoms with Gasteiger partial charge in [-0.2, -0.15) is 0 Å². The Morgan fingerprint density at radius 3 is 2.77 bits per heavy atom. The highest BCUT2D eigenvalue weighted by molar-refractivity contribution is 9.10. The molecule has 13 heavy (non-hydrogen) atoms. The molecular formula is C11H16BrN. The van der Waals surface area contributed by atoms with Crippen LogP contribution in [0.15, 0.2) is 22.7 Å². The summed E-state index contributed by atoms with van der Waals surface area (Å²) in [4.78, 5) is 0. The number of nitrogens with one attached hydrogen (secondary N) is 1. The number of hydrogen-bond donors (Lipinski definition) is 1. The van der Waals surface area contributed by atoms with E-state index in [1.807, 2.05) is 7.05 Å². The molecular weight excluding hydrogens is 226 g/mol. The van der Waals surface area contributed by atoms with Gasteiger partial charge in [-0.15, -0.1) is 0 Å². The van der Waals surface area contributed by atoms with Crippen molar-refractivity contribution in [3.63, 3.8) is 0 Å². The van der Waals surface area contributed by atoms with Gasteiger partial charge < -0.3 is 5.32 Å². The van der Waals surface area contributed by atoms with E-state index in [9.17, 15) is 0 Å². The lowest BCUT2D eigenvalue weighted by Gasteiger charge is -2.12. The Balaban J connectivity index is 2.83. The molecule has 2 heteroatoms. The number of likely N-dealkylation sites (N-methyl/N-ethyl adjacent to an activating group) is 1. The van der Waals surface area contributed by atoms with Gasteiger partial charge in [0.1, 0.15) is 0 Å². The summed E-state index contributed by atoms with van der Waals surface area (Å²) >= 11 is 3.61. The van der Waals surface area contributed by atoms with Gasteiger partial charge in [-0.1, -0.05) is 34.1 Å². The molecule has 0 radical (unpaired) electrons. The van der Waals surface area contributed by atoms with Crippen molar-refractivity contribution in [2.24, 2.45) is 0 Å². The first-order chi connectivity index (χ1) is 6.15. The Morgan fingerprint density at radius 1 is 1.46 bits per heavy atom. The van der Waals surface area contributed by atoms with Gasteiger partial charge in [0, 0.05) is 10.5 Å². The Hall–Kier alpha value is -0.340. The molecule has 0 saturated carbocycles. The van der Waals surface area contributed by atoms with E-state index >= 15 is 0 Å². The predicted molar refractivity (Wildman–Crippen MR) is 61.1 cm³/mol. The van der Waals surface area contributed by atoms with Gasteiger partial charge in [0.05, 0.1) is 0 Å². The zero-order valence-electron chi connectivity index (χ0n) is 8.39. The fourth-order valence-corrected chi connectivity index (χ4v) is 1.72. The highest BCUT2D eigenvalue weighted by Gasteiger charge is 2.05. The van der Waals surface area contributed by atoms with Crippen LogP contribution in [0, 0.1) is 6.92 Å². The van der Waals surface area contributed by atoms with Crippen molar-refractivity contribution < 1.29 is 0 Å². The monoisotopic (exact) mass is 241 g/mol. The maximum atomic E-state index is 3.61. The summed E-state index contributed by atoms with van der Waals surface area (Å²) in [5.74, 6) is 0. The molecule has 1 unspecified atom stereocenters. The minimum atomic E-state index is 0.526. The zero-order valence-corrected chi connectivity index (χ0v) is 9.98. The maximum absolute atomic E-state index is 3.61. The van der Waals surface area contributed by atoms with Crippen LogP contribution in [-0.4, -0.2) is 13.1 Å². The van der Waals surface area contributed by atoms with Gasteiger partial charge in [0.25, 0.3) is 0 Å². The van der Waals surface area contributed by atoms with E-state index in [4.69, 9.17) is 0 Å². The molecule has 0 heterocycles. The van der Waals surface area contributed by atoms with Gasteiger partial charge in [-0.25, -0.2) is 0 Å². The van der Waals surface area contributed by atoms with Gasteiger partial charge in [0.2, 0.25) is 0 Å². The molecule has 0 aliphatic carbocycles. The molecule has 0 aromatic heterocycles. The van der Waals surface area contributed by atoms with Crippen LogP contribution in [0.3, 0.4) is 0 Å². The molecule has 72 valence electrons. The Morgan fingerprint density at radius 2 is 2.15 bits per heavy atom. The second-order valence-corrected chi connectivity index (χ2v) is 4.23. The largest absolute Gasteiger partial charge is 0.317 e. The van der Waals surface area contributed by atoms with Gasteiger partial charge >= 0.3 is 0 Å². The molecule has 0 saturated heterocycles. The van der Waals surface area contributed by atoms with Gasteiger partial charge in [-0.05, 0) is 38.4 Å². The van der Waals surface area contributed by atoms with E-state index < -0.39 is 0 Å². The first kappa shape index (κ1) is 10.7. The van der Waals surface area contributed by atoms with Crippen LogP contribution >= 0.6 is 15.9 Å². The molecule has 1 aromatic rings. The molecule has 1 aromatic carbocycles. The van der Waals surface area contributed by atoms with Crippen LogP contribution in [0.4, 0.5) is 0 Å². The summed E-state index contributed by atoms with van der Waals surface area (Å²) in [6.07, 6.45) is 1.07. The fourth-order valence-electron chi connectivity index (χ4n) is 1.30. The highest BCUT2D eigenvalue weighted by atomic mass is 79.9. The lowest BCUT2D eigenvalue weighted by Crippen LogP contribution is -2.23. The third kappa shape index (κ3) is 2.82. The maximum Gasteiger partial charge on any atom is 0.0237 e. The molecule has 0 aliphatic heterocycles. The van der Waals surface area contributed by atoms with Crippen LogP contribution in [0.1, 0.15) is 18.1 Å². The minimum absolute atomic E-state index is 0.526. The van der Waals surface area contributed by atoms with Crippen LogP contribution in [0.5, 0.6) is 0 Å². The molecule has 0 amide bonds. The molecule has 0 bridgehead atoms. The summed E-state index contributed by atoms with van der Waals surface area (Å²) in [7, 11) is 1.99. The second-order valence-electron chi connectivity index (χ2n) is 3.44. The molecule has 1 atom stereocenters. The highest BCUT2D eigenvalue weighted by Crippen LogP contribution is 2.21. The second kappa shape index (κ2) is 4.77. The van der Waals surface area contributed by atoms with Crippen molar-refractivity contribution in [1.29, 1.82) is 0 Å². The Bertz CT molecular complexity index is 283. The van der Waals surface area contributed by atoms with Gasteiger partial charge in [-0.3, -0.25) is 0 Å². The standard InChI is InChI=1S/C11H16BrN/c1-8-5-4-6-10(11(8)12)7-9(2)13-3/h4-6,9,13H,7H2,1-3H3. The molecule has 0 fully saturated rings. The fraction of sp³-hybridized carbons (Fsp3) is 0.455. The van der Waals surface area contributed by atoms with Crippen molar-refractivity contribution in [2.75, 3.05) is 7.05 Å². The Kier molecular flexibility index (Phi) is 3.94. The van der Waals surface area contributed by atoms with E-state index in [2.05, 4.69) is 53.3 Å². The van der Waals surface area contributed by atoms with Crippen molar-refractivity contribution in [3.05, 3.63) is 33.8 Å². The smallest absolute Gasteiger partial charge is 0.0237 e. The van der Waals surface area contributed by atoms with Crippen LogP contribution in [0.25, 0.3) is 0 Å². The first-order valence-corrected chi connectivity index (χ1v) is 5.35. The SMILES string of the molecule is CNC(C)Cc1cccc(C)c1Br. The van der Waals surface area contributed by atoms with E-state index in [1.54, 1.807) is 0 Å². The minimum Gasteiger partial charge on any atom is -0.317 e. The zero-order chi connectivity index (χ0) is 9.84. The summed E-state index contributed by atoms with van der Waals surface area (Å²) in [5.41, 5.74) is 2.68. The lowest BCUT2D eigenvalue weighted by atomic mass is 10.1. The topological polar surface area (TPSA) is 12.0 Å². The van der Waals surface area contributed by atoms with E-state index in [-0.39, 0.29) is 0 Å². The van der Waals surface area contributed by atoms with E-state index in [0.29, 0.717) is 6.04 Å². The summed E-state index contributed by atoms with van der Waals surface area (Å²) in [5, 5.41) is 3.24. The number of aryl methyl sites for hydroxylation is 1.